The summed E-state index contributed by atoms with van der Waals surface area (Å²) in [4.78, 5) is 4.04. The predicted molar refractivity (Wildman–Crippen MR) is 78.3 cm³/mol. The molecule has 0 radical (unpaired) electrons. The van der Waals surface area contributed by atoms with Gasteiger partial charge >= 0.3 is 0 Å². The smallest absolute Gasteiger partial charge is 0.262 e. The minimum absolute atomic E-state index is 0.106. The lowest BCUT2D eigenvalue weighted by Gasteiger charge is -2.09. The third-order valence-electron chi connectivity index (χ3n) is 2.40. The fourth-order valence-electron chi connectivity index (χ4n) is 1.51. The number of hydrogen-bond acceptors (Lipinski definition) is 4. The van der Waals surface area contributed by atoms with Crippen LogP contribution in [-0.4, -0.2) is 13.4 Å². The van der Waals surface area contributed by atoms with Crippen molar-refractivity contribution in [3.8, 4) is 0 Å². The first kappa shape index (κ1) is 13.8. The van der Waals surface area contributed by atoms with E-state index in [0.717, 1.165) is 5.56 Å². The van der Waals surface area contributed by atoms with E-state index in [-0.39, 0.29) is 4.90 Å². The lowest BCUT2D eigenvalue weighted by molar-refractivity contribution is 0.601. The van der Waals surface area contributed by atoms with E-state index >= 15 is 0 Å². The molecule has 0 bridgehead atoms. The Labute approximate surface area is 120 Å². The van der Waals surface area contributed by atoms with Crippen LogP contribution in [0.1, 0.15) is 5.56 Å². The number of nitrogens with zero attached hydrogens (tertiary/aromatic N) is 1. The van der Waals surface area contributed by atoms with Gasteiger partial charge in [0.25, 0.3) is 10.0 Å². The summed E-state index contributed by atoms with van der Waals surface area (Å²) in [6.45, 7) is 1.84. The van der Waals surface area contributed by atoms with Crippen LogP contribution in [0.3, 0.4) is 0 Å². The third kappa shape index (κ3) is 3.24. The number of hydrogen-bond donors (Lipinski definition) is 2. The van der Waals surface area contributed by atoms with Gasteiger partial charge in [0.2, 0.25) is 0 Å². The monoisotopic (exact) mass is 341 g/mol. The molecule has 7 heteroatoms. The van der Waals surface area contributed by atoms with Gasteiger partial charge in [-0.1, -0.05) is 0 Å². The van der Waals surface area contributed by atoms with Gasteiger partial charge < -0.3 is 5.73 Å². The summed E-state index contributed by atoms with van der Waals surface area (Å²) in [5, 5.41) is 0. The van der Waals surface area contributed by atoms with Gasteiger partial charge in [0.15, 0.2) is 0 Å². The number of nitrogens with two attached hydrogens (primary N) is 1. The Morgan fingerprint density at radius 3 is 2.63 bits per heavy atom. The fourth-order valence-corrected chi connectivity index (χ4v) is 2.83. The number of benzene rings is 1. The molecule has 0 aliphatic heterocycles. The van der Waals surface area contributed by atoms with Crippen LogP contribution in [0.25, 0.3) is 0 Å². The van der Waals surface area contributed by atoms with Crippen molar-refractivity contribution in [2.24, 2.45) is 0 Å². The average Bonchev–Trinajstić information content (AvgIpc) is 2.32. The van der Waals surface area contributed by atoms with Crippen molar-refractivity contribution in [3.63, 3.8) is 0 Å². The van der Waals surface area contributed by atoms with Crippen molar-refractivity contribution in [1.82, 2.24) is 4.98 Å². The van der Waals surface area contributed by atoms with E-state index in [1.807, 2.05) is 6.92 Å². The van der Waals surface area contributed by atoms with Crippen molar-refractivity contribution in [1.29, 1.82) is 0 Å². The summed E-state index contributed by atoms with van der Waals surface area (Å²) in [6, 6.07) is 6.17. The number of pyridine rings is 1. The lowest BCUT2D eigenvalue weighted by Crippen LogP contribution is -2.13. The van der Waals surface area contributed by atoms with Crippen molar-refractivity contribution in [2.75, 3.05) is 10.5 Å². The number of nitrogen functional groups attached to an aromatic ring is 1. The molecule has 19 heavy (non-hydrogen) atoms. The Morgan fingerprint density at radius 1 is 1.26 bits per heavy atom. The molecule has 0 atom stereocenters. The zero-order valence-electron chi connectivity index (χ0n) is 10.1. The van der Waals surface area contributed by atoms with E-state index in [1.54, 1.807) is 18.3 Å². The van der Waals surface area contributed by atoms with E-state index in [1.165, 1.54) is 18.3 Å². The maximum absolute atomic E-state index is 12.2. The lowest BCUT2D eigenvalue weighted by atomic mass is 10.3. The predicted octanol–water partition coefficient (Wildman–Crippen LogP) is 2.54. The highest BCUT2D eigenvalue weighted by atomic mass is 79.9. The highest BCUT2D eigenvalue weighted by Gasteiger charge is 2.15. The highest BCUT2D eigenvalue weighted by molar-refractivity contribution is 9.10. The topological polar surface area (TPSA) is 85.1 Å². The SMILES string of the molecule is Cc1cncc(NS(=O)(=O)c2ccc(Br)c(N)c2)c1. The molecule has 0 fully saturated rings. The van der Waals surface area contributed by atoms with Crippen molar-refractivity contribution in [3.05, 3.63) is 46.7 Å². The van der Waals surface area contributed by atoms with E-state index in [2.05, 4.69) is 25.6 Å². The molecule has 0 saturated heterocycles. The van der Waals surface area contributed by atoms with Gasteiger partial charge in [0.05, 0.1) is 16.8 Å². The summed E-state index contributed by atoms with van der Waals surface area (Å²) < 4.78 is 27.5. The number of sulfonamides is 1. The van der Waals surface area contributed by atoms with Gasteiger partial charge in [-0.05, 0) is 52.7 Å². The molecular formula is C12H12BrN3O2S. The third-order valence-corrected chi connectivity index (χ3v) is 4.51. The van der Waals surface area contributed by atoms with Crippen molar-refractivity contribution < 1.29 is 8.42 Å². The van der Waals surface area contributed by atoms with E-state index < -0.39 is 10.0 Å². The molecule has 0 aliphatic rings. The molecule has 0 unspecified atom stereocenters. The summed E-state index contributed by atoms with van der Waals surface area (Å²) in [6.07, 6.45) is 3.10. The highest BCUT2D eigenvalue weighted by Crippen LogP contribution is 2.24. The van der Waals surface area contributed by atoms with Crippen LogP contribution in [0.5, 0.6) is 0 Å². The van der Waals surface area contributed by atoms with Gasteiger partial charge in [0, 0.05) is 16.4 Å². The van der Waals surface area contributed by atoms with Crippen LogP contribution < -0.4 is 10.5 Å². The minimum atomic E-state index is -3.66. The van der Waals surface area contributed by atoms with Crippen LogP contribution in [0.4, 0.5) is 11.4 Å². The summed E-state index contributed by atoms with van der Waals surface area (Å²) in [5.74, 6) is 0. The van der Waals surface area contributed by atoms with Crippen molar-refractivity contribution in [2.45, 2.75) is 11.8 Å². The molecule has 100 valence electrons. The van der Waals surface area contributed by atoms with Gasteiger partial charge in [0.1, 0.15) is 0 Å². The molecule has 2 aromatic rings. The van der Waals surface area contributed by atoms with E-state index in [9.17, 15) is 8.42 Å². The molecule has 1 aromatic carbocycles. The normalized spacial score (nSPS) is 11.3. The number of anilines is 2. The number of aryl methyl sites for hydroxylation is 1. The second kappa shape index (κ2) is 5.18. The standard InChI is InChI=1S/C12H12BrN3O2S/c1-8-4-9(7-15-6-8)16-19(17,18)10-2-3-11(13)12(14)5-10/h2-7,16H,14H2,1H3. The molecule has 0 saturated carbocycles. The van der Waals surface area contributed by atoms with E-state index in [4.69, 9.17) is 5.73 Å². The van der Waals surface area contributed by atoms with Gasteiger partial charge in [-0.15, -0.1) is 0 Å². The molecule has 2 rings (SSSR count). The van der Waals surface area contributed by atoms with Crippen LogP contribution in [0.15, 0.2) is 46.0 Å². The second-order valence-corrected chi connectivity index (χ2v) is 6.58. The molecule has 0 aliphatic carbocycles. The first-order chi connectivity index (χ1) is 8.88. The number of rotatable bonds is 3. The van der Waals surface area contributed by atoms with Crippen LogP contribution >= 0.6 is 15.9 Å². The summed E-state index contributed by atoms with van der Waals surface area (Å²) >= 11 is 3.22. The zero-order chi connectivity index (χ0) is 14.0. The minimum Gasteiger partial charge on any atom is -0.398 e. The van der Waals surface area contributed by atoms with Gasteiger partial charge in [-0.25, -0.2) is 8.42 Å². The average molecular weight is 342 g/mol. The Bertz CT molecular complexity index is 717. The first-order valence-electron chi connectivity index (χ1n) is 5.38. The Hall–Kier alpha value is -1.60. The summed E-state index contributed by atoms with van der Waals surface area (Å²) in [7, 11) is -3.66. The van der Waals surface area contributed by atoms with Crippen LogP contribution in [0, 0.1) is 6.92 Å². The van der Waals surface area contributed by atoms with Gasteiger partial charge in [-0.2, -0.15) is 0 Å². The first-order valence-corrected chi connectivity index (χ1v) is 7.65. The van der Waals surface area contributed by atoms with Gasteiger partial charge in [-0.3, -0.25) is 9.71 Å². The number of aromatic nitrogens is 1. The number of nitrogens with one attached hydrogen (secondary N) is 1. The Balaban J connectivity index is 2.35. The second-order valence-electron chi connectivity index (χ2n) is 4.04. The molecule has 1 heterocycles. The molecular weight excluding hydrogens is 330 g/mol. The molecule has 5 nitrogen and oxygen atoms in total. The maximum Gasteiger partial charge on any atom is 0.262 e. The molecule has 0 spiro atoms. The number of halogens is 1. The van der Waals surface area contributed by atoms with Crippen LogP contribution in [-0.2, 0) is 10.0 Å². The van der Waals surface area contributed by atoms with Crippen LogP contribution in [0.2, 0.25) is 0 Å². The van der Waals surface area contributed by atoms with Crippen molar-refractivity contribution >= 4 is 37.3 Å². The zero-order valence-corrected chi connectivity index (χ0v) is 12.5. The molecule has 0 amide bonds. The summed E-state index contributed by atoms with van der Waals surface area (Å²) in [5.41, 5.74) is 7.34. The Kier molecular flexibility index (Phi) is 3.77. The fraction of sp³-hybridized carbons (Fsp3) is 0.0833. The molecule has 3 N–H and O–H groups in total. The largest absolute Gasteiger partial charge is 0.398 e. The quantitative estimate of drug-likeness (QED) is 0.840. The maximum atomic E-state index is 12.2. The molecule has 1 aromatic heterocycles. The Morgan fingerprint density at radius 2 is 2.00 bits per heavy atom. The van der Waals surface area contributed by atoms with E-state index in [0.29, 0.717) is 15.8 Å².